The Morgan fingerprint density at radius 1 is 1.22 bits per heavy atom. The molecule has 0 spiro atoms. The maximum atomic E-state index is 12.4. The van der Waals surface area contributed by atoms with Crippen molar-refractivity contribution in [1.82, 2.24) is 10.3 Å². The Bertz CT molecular complexity index is 840. The van der Waals surface area contributed by atoms with Crippen molar-refractivity contribution in [3.63, 3.8) is 0 Å². The monoisotopic (exact) mass is 324 g/mol. The Balaban J connectivity index is 1.82. The maximum absolute atomic E-state index is 12.4. The number of aromatic nitrogens is 1. The first-order valence-electron chi connectivity index (χ1n) is 7.74. The van der Waals surface area contributed by atoms with Crippen molar-refractivity contribution in [3.05, 3.63) is 63.5 Å². The number of benzene rings is 1. The van der Waals surface area contributed by atoms with Crippen molar-refractivity contribution in [2.75, 3.05) is 0 Å². The molecule has 1 N–H and O–H groups in total. The van der Waals surface area contributed by atoms with Gasteiger partial charge in [-0.1, -0.05) is 24.3 Å². The summed E-state index contributed by atoms with van der Waals surface area (Å²) >= 11 is 1.66. The van der Waals surface area contributed by atoms with Gasteiger partial charge in [-0.25, -0.2) is 0 Å². The predicted molar refractivity (Wildman–Crippen MR) is 95.8 cm³/mol. The highest BCUT2D eigenvalue weighted by atomic mass is 32.1. The molecule has 1 atom stereocenters. The van der Waals surface area contributed by atoms with Crippen LogP contribution in [0.2, 0.25) is 0 Å². The number of pyridine rings is 1. The van der Waals surface area contributed by atoms with Crippen LogP contribution in [0.4, 0.5) is 0 Å². The average Bonchev–Trinajstić information content (AvgIpc) is 3.06. The summed E-state index contributed by atoms with van der Waals surface area (Å²) in [6.45, 7) is 6.06. The molecule has 0 aliphatic heterocycles. The lowest BCUT2D eigenvalue weighted by atomic mass is 9.99. The van der Waals surface area contributed by atoms with Crippen LogP contribution in [0.25, 0.3) is 10.9 Å². The lowest BCUT2D eigenvalue weighted by molar-refractivity contribution is -0.121. The van der Waals surface area contributed by atoms with Gasteiger partial charge in [-0.2, -0.15) is 0 Å². The molecule has 0 aliphatic rings. The van der Waals surface area contributed by atoms with Gasteiger partial charge < -0.3 is 5.32 Å². The summed E-state index contributed by atoms with van der Waals surface area (Å²) in [5, 5.41) is 6.22. The van der Waals surface area contributed by atoms with Gasteiger partial charge in [0.2, 0.25) is 5.91 Å². The number of fused-ring (bicyclic) bond motifs is 1. The van der Waals surface area contributed by atoms with E-state index in [0.717, 1.165) is 27.7 Å². The molecule has 2 aromatic heterocycles. The van der Waals surface area contributed by atoms with Crippen molar-refractivity contribution in [2.24, 2.45) is 0 Å². The van der Waals surface area contributed by atoms with Gasteiger partial charge in [0.25, 0.3) is 0 Å². The first-order valence-corrected chi connectivity index (χ1v) is 8.62. The molecule has 3 aromatic rings. The maximum Gasteiger partial charge on any atom is 0.224 e. The largest absolute Gasteiger partial charge is 0.348 e. The van der Waals surface area contributed by atoms with Crippen LogP contribution in [0.3, 0.4) is 0 Å². The van der Waals surface area contributed by atoms with Crippen LogP contribution in [0.5, 0.6) is 0 Å². The average molecular weight is 324 g/mol. The van der Waals surface area contributed by atoms with Crippen LogP contribution in [0.1, 0.15) is 34.7 Å². The van der Waals surface area contributed by atoms with Gasteiger partial charge in [0, 0.05) is 16.0 Å². The molecule has 2 heterocycles. The first-order chi connectivity index (χ1) is 11.1. The quantitative estimate of drug-likeness (QED) is 0.776. The molecular weight excluding hydrogens is 304 g/mol. The van der Waals surface area contributed by atoms with E-state index in [4.69, 9.17) is 0 Å². The summed E-state index contributed by atoms with van der Waals surface area (Å²) in [4.78, 5) is 18.2. The third kappa shape index (κ3) is 3.27. The summed E-state index contributed by atoms with van der Waals surface area (Å²) < 4.78 is 0. The molecule has 3 nitrogen and oxygen atoms in total. The Labute approximate surface area is 140 Å². The Morgan fingerprint density at radius 3 is 2.74 bits per heavy atom. The molecule has 0 bridgehead atoms. The van der Waals surface area contributed by atoms with Gasteiger partial charge >= 0.3 is 0 Å². The third-order valence-electron chi connectivity index (χ3n) is 4.17. The van der Waals surface area contributed by atoms with E-state index in [2.05, 4.69) is 23.3 Å². The molecule has 0 saturated carbocycles. The van der Waals surface area contributed by atoms with Gasteiger partial charge in [0.1, 0.15) is 0 Å². The Kier molecular flexibility index (Phi) is 4.44. The Morgan fingerprint density at radius 2 is 2.00 bits per heavy atom. The number of rotatable bonds is 4. The zero-order chi connectivity index (χ0) is 16.4. The van der Waals surface area contributed by atoms with Crippen molar-refractivity contribution in [1.29, 1.82) is 0 Å². The van der Waals surface area contributed by atoms with E-state index in [0.29, 0.717) is 6.42 Å². The van der Waals surface area contributed by atoms with E-state index in [9.17, 15) is 4.79 Å². The SMILES string of the molecule is Cc1nc2ccccc2c(C)c1CC(=O)NC(C)c1cccs1. The molecule has 0 radical (unpaired) electrons. The summed E-state index contributed by atoms with van der Waals surface area (Å²) in [5.41, 5.74) is 4.09. The van der Waals surface area contributed by atoms with E-state index in [1.807, 2.05) is 49.6 Å². The van der Waals surface area contributed by atoms with Crippen molar-refractivity contribution >= 4 is 28.1 Å². The predicted octanol–water partition coefficient (Wildman–Crippen LogP) is 4.33. The number of carbonyl (C=O) groups is 1. The topological polar surface area (TPSA) is 42.0 Å². The molecule has 23 heavy (non-hydrogen) atoms. The fraction of sp³-hybridized carbons (Fsp3) is 0.263. The third-order valence-corrected chi connectivity index (χ3v) is 5.23. The fourth-order valence-electron chi connectivity index (χ4n) is 2.89. The molecule has 1 amide bonds. The molecule has 1 unspecified atom stereocenters. The molecule has 4 heteroatoms. The molecular formula is C19H20N2OS. The highest BCUT2D eigenvalue weighted by Crippen LogP contribution is 2.23. The molecule has 118 valence electrons. The zero-order valence-electron chi connectivity index (χ0n) is 13.6. The van der Waals surface area contributed by atoms with Crippen LogP contribution in [0, 0.1) is 13.8 Å². The minimum atomic E-state index is 0.0363. The molecule has 1 aromatic carbocycles. The standard InChI is InChI=1S/C19H20N2OS/c1-12-15-7-4-5-8-17(15)20-13(2)16(12)11-19(22)21-14(3)18-9-6-10-23-18/h4-10,14H,11H2,1-3H3,(H,21,22). The zero-order valence-corrected chi connectivity index (χ0v) is 14.4. The number of aryl methyl sites for hydroxylation is 2. The number of hydrogen-bond acceptors (Lipinski definition) is 3. The number of nitrogens with zero attached hydrogens (tertiary/aromatic N) is 1. The van der Waals surface area contributed by atoms with Gasteiger partial charge in [-0.3, -0.25) is 9.78 Å². The first kappa shape index (κ1) is 15.7. The van der Waals surface area contributed by atoms with Crippen LogP contribution in [0.15, 0.2) is 41.8 Å². The highest BCUT2D eigenvalue weighted by molar-refractivity contribution is 7.10. The van der Waals surface area contributed by atoms with Crippen molar-refractivity contribution in [2.45, 2.75) is 33.2 Å². The molecule has 3 rings (SSSR count). The van der Waals surface area contributed by atoms with Crippen LogP contribution in [-0.4, -0.2) is 10.9 Å². The van der Waals surface area contributed by atoms with Crippen molar-refractivity contribution < 1.29 is 4.79 Å². The minimum absolute atomic E-state index is 0.0363. The second-order valence-corrected chi connectivity index (χ2v) is 6.78. The summed E-state index contributed by atoms with van der Waals surface area (Å²) in [5.74, 6) is 0.0363. The summed E-state index contributed by atoms with van der Waals surface area (Å²) in [7, 11) is 0. The molecule has 0 aliphatic carbocycles. The highest BCUT2D eigenvalue weighted by Gasteiger charge is 2.15. The van der Waals surface area contributed by atoms with E-state index in [-0.39, 0.29) is 11.9 Å². The number of amides is 1. The van der Waals surface area contributed by atoms with Gasteiger partial charge in [0.05, 0.1) is 18.0 Å². The molecule has 0 saturated heterocycles. The summed E-state index contributed by atoms with van der Waals surface area (Å²) in [6.07, 6.45) is 0.366. The van der Waals surface area contributed by atoms with E-state index in [1.165, 1.54) is 4.88 Å². The normalized spacial score (nSPS) is 12.3. The van der Waals surface area contributed by atoms with Crippen LogP contribution < -0.4 is 5.32 Å². The van der Waals surface area contributed by atoms with E-state index < -0.39 is 0 Å². The van der Waals surface area contributed by atoms with Crippen molar-refractivity contribution in [3.8, 4) is 0 Å². The number of hydrogen-bond donors (Lipinski definition) is 1. The lowest BCUT2D eigenvalue weighted by Crippen LogP contribution is -2.28. The number of nitrogens with one attached hydrogen (secondary N) is 1. The molecule has 0 fully saturated rings. The van der Waals surface area contributed by atoms with E-state index >= 15 is 0 Å². The van der Waals surface area contributed by atoms with Gasteiger partial charge in [-0.05, 0) is 49.4 Å². The lowest BCUT2D eigenvalue weighted by Gasteiger charge is -2.15. The van der Waals surface area contributed by atoms with Gasteiger partial charge in [0.15, 0.2) is 0 Å². The minimum Gasteiger partial charge on any atom is -0.348 e. The number of thiophene rings is 1. The van der Waals surface area contributed by atoms with Gasteiger partial charge in [-0.15, -0.1) is 11.3 Å². The van der Waals surface area contributed by atoms with Crippen LogP contribution >= 0.6 is 11.3 Å². The Hall–Kier alpha value is -2.20. The van der Waals surface area contributed by atoms with Crippen LogP contribution in [-0.2, 0) is 11.2 Å². The number of carbonyl (C=O) groups excluding carboxylic acids is 1. The second-order valence-electron chi connectivity index (χ2n) is 5.80. The smallest absolute Gasteiger partial charge is 0.224 e. The summed E-state index contributed by atoms with van der Waals surface area (Å²) in [6, 6.07) is 12.2. The second kappa shape index (κ2) is 6.50. The fourth-order valence-corrected chi connectivity index (χ4v) is 3.63. The number of para-hydroxylation sites is 1. The van der Waals surface area contributed by atoms with E-state index in [1.54, 1.807) is 11.3 Å².